The number of carbonyl (C=O) groups is 1. The van der Waals surface area contributed by atoms with Gasteiger partial charge in [0.1, 0.15) is 5.82 Å². The van der Waals surface area contributed by atoms with Crippen LogP contribution in [0.3, 0.4) is 0 Å². The van der Waals surface area contributed by atoms with Crippen molar-refractivity contribution in [2.45, 2.75) is 25.8 Å². The molecule has 0 aliphatic carbocycles. The number of aryl methyl sites for hydroxylation is 1. The maximum absolute atomic E-state index is 13.5. The number of nitrogens with zero attached hydrogens (tertiary/aromatic N) is 3. The summed E-state index contributed by atoms with van der Waals surface area (Å²) in [4.78, 5) is 20.3. The van der Waals surface area contributed by atoms with Gasteiger partial charge in [-0.25, -0.2) is 4.98 Å². The largest absolute Gasteiger partial charge is 0.493 e. The van der Waals surface area contributed by atoms with Crippen LogP contribution in [0, 0.1) is 6.92 Å². The van der Waals surface area contributed by atoms with Crippen LogP contribution >= 0.6 is 0 Å². The molecule has 6 nitrogen and oxygen atoms in total. The van der Waals surface area contributed by atoms with Crippen molar-refractivity contribution in [2.24, 2.45) is 0 Å². The molecular weight excluding hydrogens is 414 g/mol. The number of para-hydroxylation sites is 1. The van der Waals surface area contributed by atoms with Crippen molar-refractivity contribution in [1.29, 1.82) is 0 Å². The Morgan fingerprint density at radius 1 is 0.970 bits per heavy atom. The molecule has 1 atom stereocenters. The van der Waals surface area contributed by atoms with Gasteiger partial charge in [0, 0.05) is 17.8 Å². The maximum Gasteiger partial charge on any atom is 0.254 e. The van der Waals surface area contributed by atoms with Crippen LogP contribution in [0.15, 0.2) is 66.7 Å². The number of benzene rings is 3. The molecule has 0 radical (unpaired) electrons. The monoisotopic (exact) mass is 441 g/mol. The fourth-order valence-electron chi connectivity index (χ4n) is 4.82. The van der Waals surface area contributed by atoms with E-state index in [9.17, 15) is 4.79 Å². The lowest BCUT2D eigenvalue weighted by molar-refractivity contribution is 0.0735. The Morgan fingerprint density at radius 2 is 1.76 bits per heavy atom. The van der Waals surface area contributed by atoms with Gasteiger partial charge in [0.2, 0.25) is 0 Å². The zero-order valence-electron chi connectivity index (χ0n) is 19.1. The molecule has 168 valence electrons. The highest BCUT2D eigenvalue weighted by atomic mass is 16.5. The fourth-order valence-corrected chi connectivity index (χ4v) is 4.82. The summed E-state index contributed by atoms with van der Waals surface area (Å²) in [6.45, 7) is 2.72. The van der Waals surface area contributed by atoms with Crippen LogP contribution in [0.2, 0.25) is 0 Å². The lowest BCUT2D eigenvalue weighted by Crippen LogP contribution is -2.30. The zero-order valence-corrected chi connectivity index (χ0v) is 19.1. The highest BCUT2D eigenvalue weighted by Gasteiger charge is 2.31. The standard InChI is InChI=1S/C27H27N3O3/c1-18-28-22-16-20(11-13-24(22)30(18)21-8-5-4-6-9-21)27(31)29-15-7-10-23(29)19-12-14-25(32-2)26(17-19)33-3/h4-6,8-9,11-14,16-17,23H,7,10,15H2,1-3H3. The number of imidazole rings is 1. The molecule has 0 saturated carbocycles. The van der Waals surface area contributed by atoms with E-state index < -0.39 is 0 Å². The summed E-state index contributed by atoms with van der Waals surface area (Å²) in [5.41, 5.74) is 4.60. The van der Waals surface area contributed by atoms with E-state index in [1.54, 1.807) is 14.2 Å². The summed E-state index contributed by atoms with van der Waals surface area (Å²) >= 11 is 0. The Kier molecular flexibility index (Phi) is 5.50. The molecule has 1 fully saturated rings. The van der Waals surface area contributed by atoms with Crippen molar-refractivity contribution >= 4 is 16.9 Å². The molecule has 4 aromatic rings. The SMILES string of the molecule is COc1ccc(C2CCCN2C(=O)c2ccc3c(c2)nc(C)n3-c2ccccc2)cc1OC. The molecule has 1 amide bonds. The molecule has 3 aromatic carbocycles. The Labute approximate surface area is 193 Å². The Hall–Kier alpha value is -3.80. The van der Waals surface area contributed by atoms with Crippen LogP contribution in [0.4, 0.5) is 0 Å². The quantitative estimate of drug-likeness (QED) is 0.420. The lowest BCUT2D eigenvalue weighted by Gasteiger charge is -2.26. The summed E-state index contributed by atoms with van der Waals surface area (Å²) < 4.78 is 13.0. The van der Waals surface area contributed by atoms with E-state index in [0.717, 1.165) is 47.5 Å². The van der Waals surface area contributed by atoms with E-state index >= 15 is 0 Å². The van der Waals surface area contributed by atoms with Gasteiger partial charge in [-0.15, -0.1) is 0 Å². The third-order valence-electron chi connectivity index (χ3n) is 6.39. The van der Waals surface area contributed by atoms with Crippen molar-refractivity contribution in [3.05, 3.63) is 83.7 Å². The highest BCUT2D eigenvalue weighted by molar-refractivity contribution is 5.98. The molecule has 0 N–H and O–H groups in total. The molecular formula is C27H27N3O3. The molecule has 1 saturated heterocycles. The first-order valence-electron chi connectivity index (χ1n) is 11.2. The predicted octanol–water partition coefficient (Wildman–Crippen LogP) is 5.33. The molecule has 1 aliphatic heterocycles. The minimum atomic E-state index is 0.0108. The average Bonchev–Trinajstić information content (AvgIpc) is 3.47. The third-order valence-corrected chi connectivity index (χ3v) is 6.39. The zero-order chi connectivity index (χ0) is 22.9. The first-order valence-corrected chi connectivity index (χ1v) is 11.2. The van der Waals surface area contributed by atoms with E-state index in [0.29, 0.717) is 17.1 Å². The first kappa shape index (κ1) is 21.1. The van der Waals surface area contributed by atoms with Gasteiger partial charge < -0.3 is 14.4 Å². The summed E-state index contributed by atoms with van der Waals surface area (Å²) in [7, 11) is 3.25. The first-order chi connectivity index (χ1) is 16.1. The van der Waals surface area contributed by atoms with Crippen LogP contribution in [-0.2, 0) is 0 Å². The van der Waals surface area contributed by atoms with Crippen LogP contribution in [0.1, 0.15) is 40.6 Å². The smallest absolute Gasteiger partial charge is 0.254 e. The predicted molar refractivity (Wildman–Crippen MR) is 128 cm³/mol. The van der Waals surface area contributed by atoms with Gasteiger partial charge in [0.15, 0.2) is 11.5 Å². The second-order valence-corrected chi connectivity index (χ2v) is 8.30. The second kappa shape index (κ2) is 8.62. The van der Waals surface area contributed by atoms with Gasteiger partial charge in [-0.1, -0.05) is 24.3 Å². The number of fused-ring (bicyclic) bond motifs is 1. The molecule has 2 heterocycles. The van der Waals surface area contributed by atoms with Crippen LogP contribution < -0.4 is 9.47 Å². The van der Waals surface area contributed by atoms with Gasteiger partial charge in [0.25, 0.3) is 5.91 Å². The molecule has 0 bridgehead atoms. The summed E-state index contributed by atoms with van der Waals surface area (Å²) in [6, 6.07) is 21.9. The Morgan fingerprint density at radius 3 is 2.52 bits per heavy atom. The minimum Gasteiger partial charge on any atom is -0.493 e. The summed E-state index contributed by atoms with van der Waals surface area (Å²) in [5, 5.41) is 0. The fraction of sp³-hybridized carbons (Fsp3) is 0.259. The van der Waals surface area contributed by atoms with Crippen molar-refractivity contribution in [3.63, 3.8) is 0 Å². The van der Waals surface area contributed by atoms with Crippen LogP contribution in [0.5, 0.6) is 11.5 Å². The number of hydrogen-bond acceptors (Lipinski definition) is 4. The number of likely N-dealkylation sites (tertiary alicyclic amines) is 1. The number of carbonyl (C=O) groups excluding carboxylic acids is 1. The summed E-state index contributed by atoms with van der Waals surface area (Å²) in [5.74, 6) is 2.29. The minimum absolute atomic E-state index is 0.0108. The normalized spacial score (nSPS) is 15.7. The second-order valence-electron chi connectivity index (χ2n) is 8.30. The number of rotatable bonds is 5. The maximum atomic E-state index is 13.5. The van der Waals surface area contributed by atoms with E-state index in [1.165, 1.54) is 0 Å². The van der Waals surface area contributed by atoms with E-state index in [2.05, 4.69) is 16.7 Å². The van der Waals surface area contributed by atoms with Crippen molar-refractivity contribution in [2.75, 3.05) is 20.8 Å². The van der Waals surface area contributed by atoms with Crippen LogP contribution in [0.25, 0.3) is 16.7 Å². The Balaban J connectivity index is 1.47. The molecule has 1 unspecified atom stereocenters. The molecule has 1 aliphatic rings. The van der Waals surface area contributed by atoms with Crippen molar-refractivity contribution in [1.82, 2.24) is 14.5 Å². The summed E-state index contributed by atoms with van der Waals surface area (Å²) in [6.07, 6.45) is 1.89. The average molecular weight is 442 g/mol. The third kappa shape index (κ3) is 3.71. The van der Waals surface area contributed by atoms with Gasteiger partial charge in [-0.05, 0) is 67.8 Å². The number of ether oxygens (including phenoxy) is 2. The molecule has 6 heteroatoms. The molecule has 1 aromatic heterocycles. The lowest BCUT2D eigenvalue weighted by atomic mass is 10.0. The van der Waals surface area contributed by atoms with E-state index in [1.807, 2.05) is 66.4 Å². The van der Waals surface area contributed by atoms with Gasteiger partial charge >= 0.3 is 0 Å². The molecule has 33 heavy (non-hydrogen) atoms. The van der Waals surface area contributed by atoms with Gasteiger partial charge in [0.05, 0.1) is 31.3 Å². The van der Waals surface area contributed by atoms with E-state index in [4.69, 9.17) is 14.5 Å². The van der Waals surface area contributed by atoms with Gasteiger partial charge in [-0.2, -0.15) is 0 Å². The van der Waals surface area contributed by atoms with Gasteiger partial charge in [-0.3, -0.25) is 9.36 Å². The van der Waals surface area contributed by atoms with Crippen LogP contribution in [-0.4, -0.2) is 41.1 Å². The number of aromatic nitrogens is 2. The Bertz CT molecular complexity index is 1310. The van der Waals surface area contributed by atoms with Crippen molar-refractivity contribution < 1.29 is 14.3 Å². The van der Waals surface area contributed by atoms with E-state index in [-0.39, 0.29) is 11.9 Å². The van der Waals surface area contributed by atoms with Crippen molar-refractivity contribution in [3.8, 4) is 17.2 Å². The molecule has 0 spiro atoms. The topological polar surface area (TPSA) is 56.6 Å². The number of hydrogen-bond donors (Lipinski definition) is 0. The number of methoxy groups -OCH3 is 2. The highest BCUT2D eigenvalue weighted by Crippen LogP contribution is 2.37. The molecule has 5 rings (SSSR count). The number of amides is 1.